The zero-order valence-corrected chi connectivity index (χ0v) is 14.4. The fraction of sp³-hybridized carbons (Fsp3) is 0.105. The van der Waals surface area contributed by atoms with Crippen LogP contribution in [0.15, 0.2) is 75.8 Å². The molecule has 3 aromatic rings. The maximum atomic E-state index is 13.1. The van der Waals surface area contributed by atoms with E-state index in [0.29, 0.717) is 24.4 Å². The Morgan fingerprint density at radius 1 is 1.00 bits per heavy atom. The largest absolute Gasteiger partial charge is 0.467 e. The van der Waals surface area contributed by atoms with Crippen molar-refractivity contribution in [1.82, 2.24) is 4.90 Å². The Hall–Kier alpha value is -2.40. The third-order valence-corrected chi connectivity index (χ3v) is 4.12. The third kappa shape index (κ3) is 4.11. The van der Waals surface area contributed by atoms with Crippen LogP contribution in [0.4, 0.5) is 4.39 Å². The molecule has 0 bridgehead atoms. The van der Waals surface area contributed by atoms with Gasteiger partial charge >= 0.3 is 0 Å². The Bertz CT molecular complexity index is 798. The molecule has 0 aliphatic heterocycles. The first-order chi connectivity index (χ1) is 11.6. The number of hydrogen-bond acceptors (Lipinski definition) is 2. The average Bonchev–Trinajstić information content (AvgIpc) is 3.09. The van der Waals surface area contributed by atoms with Gasteiger partial charge in [0.1, 0.15) is 11.6 Å². The number of amides is 1. The number of carbonyl (C=O) groups is 1. The molecule has 122 valence electrons. The first-order valence-electron chi connectivity index (χ1n) is 7.43. The quantitative estimate of drug-likeness (QED) is 0.615. The van der Waals surface area contributed by atoms with Gasteiger partial charge in [0.15, 0.2) is 0 Å². The molecule has 0 aliphatic carbocycles. The van der Waals surface area contributed by atoms with Crippen LogP contribution in [-0.2, 0) is 13.1 Å². The summed E-state index contributed by atoms with van der Waals surface area (Å²) in [7, 11) is 0. The highest BCUT2D eigenvalue weighted by Gasteiger charge is 2.18. The van der Waals surface area contributed by atoms with E-state index in [1.54, 1.807) is 41.5 Å². The van der Waals surface area contributed by atoms with Gasteiger partial charge in [-0.1, -0.05) is 28.1 Å². The summed E-state index contributed by atoms with van der Waals surface area (Å²) in [6.07, 6.45) is 1.58. The van der Waals surface area contributed by atoms with E-state index in [2.05, 4.69) is 15.9 Å². The lowest BCUT2D eigenvalue weighted by Gasteiger charge is -2.22. The maximum Gasteiger partial charge on any atom is 0.254 e. The van der Waals surface area contributed by atoms with Gasteiger partial charge in [0.05, 0.1) is 12.8 Å². The van der Waals surface area contributed by atoms with E-state index in [4.69, 9.17) is 4.42 Å². The smallest absolute Gasteiger partial charge is 0.254 e. The third-order valence-electron chi connectivity index (χ3n) is 3.59. The molecule has 1 heterocycles. The summed E-state index contributed by atoms with van der Waals surface area (Å²) in [5, 5.41) is 0. The van der Waals surface area contributed by atoms with Gasteiger partial charge in [-0.15, -0.1) is 0 Å². The average molecular weight is 388 g/mol. The lowest BCUT2D eigenvalue weighted by molar-refractivity contribution is 0.0717. The van der Waals surface area contributed by atoms with Crippen LogP contribution >= 0.6 is 15.9 Å². The molecule has 2 aromatic carbocycles. The molecular weight excluding hydrogens is 373 g/mol. The van der Waals surface area contributed by atoms with E-state index in [1.807, 2.05) is 18.2 Å². The summed E-state index contributed by atoms with van der Waals surface area (Å²) in [5.74, 6) is 0.293. The number of furan rings is 1. The summed E-state index contributed by atoms with van der Waals surface area (Å²) < 4.78 is 19.4. The van der Waals surface area contributed by atoms with Crippen molar-refractivity contribution < 1.29 is 13.6 Å². The number of carbonyl (C=O) groups excluding carboxylic acids is 1. The van der Waals surface area contributed by atoms with Crippen LogP contribution in [0.5, 0.6) is 0 Å². The number of rotatable bonds is 5. The molecule has 0 saturated heterocycles. The summed E-state index contributed by atoms with van der Waals surface area (Å²) >= 11 is 3.37. The lowest BCUT2D eigenvalue weighted by Crippen LogP contribution is -2.30. The maximum absolute atomic E-state index is 13.1. The van der Waals surface area contributed by atoms with E-state index in [9.17, 15) is 9.18 Å². The monoisotopic (exact) mass is 387 g/mol. The van der Waals surface area contributed by atoms with Crippen LogP contribution < -0.4 is 0 Å². The first-order valence-corrected chi connectivity index (χ1v) is 8.23. The molecule has 0 N–H and O–H groups in total. The van der Waals surface area contributed by atoms with E-state index >= 15 is 0 Å². The van der Waals surface area contributed by atoms with Crippen molar-refractivity contribution in [3.8, 4) is 0 Å². The van der Waals surface area contributed by atoms with Gasteiger partial charge in [0, 0.05) is 16.6 Å². The van der Waals surface area contributed by atoms with Gasteiger partial charge in [-0.2, -0.15) is 0 Å². The van der Waals surface area contributed by atoms with Crippen molar-refractivity contribution >= 4 is 21.8 Å². The van der Waals surface area contributed by atoms with Crippen LogP contribution in [-0.4, -0.2) is 10.8 Å². The predicted octanol–water partition coefficient (Wildman–Crippen LogP) is 5.02. The SMILES string of the molecule is O=C(c1ccc(Br)cc1)N(Cc1ccc(F)cc1)Cc1ccco1. The second kappa shape index (κ2) is 7.45. The topological polar surface area (TPSA) is 33.5 Å². The molecule has 5 heteroatoms. The molecule has 0 atom stereocenters. The van der Waals surface area contributed by atoms with Crippen LogP contribution in [0.1, 0.15) is 21.7 Å². The Labute approximate surface area is 147 Å². The minimum Gasteiger partial charge on any atom is -0.467 e. The number of benzene rings is 2. The van der Waals surface area contributed by atoms with E-state index in [0.717, 1.165) is 10.0 Å². The summed E-state index contributed by atoms with van der Waals surface area (Å²) in [5.41, 5.74) is 1.44. The molecule has 0 aliphatic rings. The second-order valence-electron chi connectivity index (χ2n) is 5.37. The van der Waals surface area contributed by atoms with Crippen LogP contribution in [0.3, 0.4) is 0 Å². The number of hydrogen-bond donors (Lipinski definition) is 0. The molecule has 0 radical (unpaired) electrons. The summed E-state index contributed by atoms with van der Waals surface area (Å²) in [6, 6.07) is 17.0. The summed E-state index contributed by atoms with van der Waals surface area (Å²) in [4.78, 5) is 14.5. The van der Waals surface area contributed by atoms with Crippen molar-refractivity contribution in [3.63, 3.8) is 0 Å². The first kappa shape index (κ1) is 16.5. The Balaban J connectivity index is 1.84. The van der Waals surface area contributed by atoms with Crippen molar-refractivity contribution in [2.24, 2.45) is 0 Å². The molecule has 3 nitrogen and oxygen atoms in total. The van der Waals surface area contributed by atoms with Crippen molar-refractivity contribution in [2.45, 2.75) is 13.1 Å². The zero-order valence-electron chi connectivity index (χ0n) is 12.8. The standard InChI is InChI=1S/C19H15BrFNO2/c20-16-7-5-15(6-8-16)19(23)22(13-18-2-1-11-24-18)12-14-3-9-17(21)10-4-14/h1-11H,12-13H2. The fourth-order valence-electron chi connectivity index (χ4n) is 2.38. The zero-order chi connectivity index (χ0) is 16.9. The van der Waals surface area contributed by atoms with Crippen molar-refractivity contribution in [1.29, 1.82) is 0 Å². The number of halogens is 2. The van der Waals surface area contributed by atoms with Gasteiger partial charge in [-0.3, -0.25) is 4.79 Å². The lowest BCUT2D eigenvalue weighted by atomic mass is 10.1. The number of nitrogens with zero attached hydrogens (tertiary/aromatic N) is 1. The molecule has 24 heavy (non-hydrogen) atoms. The molecule has 3 rings (SSSR count). The van der Waals surface area contributed by atoms with Gasteiger partial charge < -0.3 is 9.32 Å². The van der Waals surface area contributed by atoms with Crippen molar-refractivity contribution in [2.75, 3.05) is 0 Å². The fourth-order valence-corrected chi connectivity index (χ4v) is 2.64. The molecule has 0 unspecified atom stereocenters. The highest BCUT2D eigenvalue weighted by atomic mass is 79.9. The van der Waals surface area contributed by atoms with Gasteiger partial charge in [0.25, 0.3) is 5.91 Å². The van der Waals surface area contributed by atoms with Crippen LogP contribution in [0, 0.1) is 5.82 Å². The molecule has 1 amide bonds. The van der Waals surface area contributed by atoms with Gasteiger partial charge in [-0.25, -0.2) is 4.39 Å². The Morgan fingerprint density at radius 3 is 2.33 bits per heavy atom. The van der Waals surface area contributed by atoms with E-state index in [1.165, 1.54) is 12.1 Å². The van der Waals surface area contributed by atoms with Gasteiger partial charge in [0.2, 0.25) is 0 Å². The van der Waals surface area contributed by atoms with Crippen LogP contribution in [0.2, 0.25) is 0 Å². The van der Waals surface area contributed by atoms with E-state index in [-0.39, 0.29) is 11.7 Å². The predicted molar refractivity (Wildman–Crippen MR) is 92.8 cm³/mol. The second-order valence-corrected chi connectivity index (χ2v) is 6.29. The Kier molecular flexibility index (Phi) is 5.11. The summed E-state index contributed by atoms with van der Waals surface area (Å²) in [6.45, 7) is 0.717. The van der Waals surface area contributed by atoms with Crippen molar-refractivity contribution in [3.05, 3.63) is 94.1 Å². The van der Waals surface area contributed by atoms with E-state index < -0.39 is 0 Å². The minimum absolute atomic E-state index is 0.108. The molecule has 0 saturated carbocycles. The Morgan fingerprint density at radius 2 is 1.71 bits per heavy atom. The highest BCUT2D eigenvalue weighted by Crippen LogP contribution is 2.17. The highest BCUT2D eigenvalue weighted by molar-refractivity contribution is 9.10. The minimum atomic E-state index is -0.296. The molecule has 1 aromatic heterocycles. The normalized spacial score (nSPS) is 10.6. The molecule has 0 fully saturated rings. The van der Waals surface area contributed by atoms with Gasteiger partial charge in [-0.05, 0) is 54.1 Å². The van der Waals surface area contributed by atoms with Crippen LogP contribution in [0.25, 0.3) is 0 Å². The molecular formula is C19H15BrFNO2. The molecule has 0 spiro atoms.